The first-order chi connectivity index (χ1) is 11.8. The van der Waals surface area contributed by atoms with Crippen LogP contribution in [0, 0.1) is 0 Å². The molecule has 0 rings (SSSR count). The number of hydrogen-bond acceptors (Lipinski definition) is 7. The Labute approximate surface area is 154 Å². The summed E-state index contributed by atoms with van der Waals surface area (Å²) in [6, 6.07) is -1.43. The molecule has 0 saturated carbocycles. The lowest BCUT2D eigenvalue weighted by Gasteiger charge is -2.17. The number of carbonyl (C=O) groups is 2. The zero-order chi connectivity index (χ0) is 20.5. The second-order valence-corrected chi connectivity index (χ2v) is 9.74. The molecule has 10 nitrogen and oxygen atoms in total. The summed E-state index contributed by atoms with van der Waals surface area (Å²) in [6.45, 7) is 5.56. The lowest BCUT2D eigenvalue weighted by atomic mass is 10.1. The summed E-state index contributed by atoms with van der Waals surface area (Å²) in [5.74, 6) is -2.64. The lowest BCUT2D eigenvalue weighted by Crippen LogP contribution is -2.38. The number of nitrogens with one attached hydrogen (secondary N) is 2. The van der Waals surface area contributed by atoms with Crippen LogP contribution in [0.5, 0.6) is 0 Å². The molecule has 0 saturated heterocycles. The molecule has 0 fully saturated rings. The van der Waals surface area contributed by atoms with E-state index in [4.69, 9.17) is 9.84 Å². The zero-order valence-electron chi connectivity index (χ0n) is 15.2. The average Bonchev–Trinajstić information content (AvgIpc) is 2.50. The Bertz CT molecular complexity index is 728. The first-order valence-electron chi connectivity index (χ1n) is 7.92. The van der Waals surface area contributed by atoms with E-state index >= 15 is 0 Å². The number of carbonyl (C=O) groups excluding carboxylic acids is 1. The maximum atomic E-state index is 12.1. The second kappa shape index (κ2) is 10.6. The molecular weight excluding hydrogens is 388 g/mol. The SMILES string of the molecule is CCS(=O)(=O)N[C@H](C)COC(=O)C(=CC(=O)O)C[C@@H](C)NS(=O)(=O)CC. The maximum absolute atomic E-state index is 12.1. The number of esters is 1. The molecule has 0 aliphatic rings. The van der Waals surface area contributed by atoms with Gasteiger partial charge in [0.25, 0.3) is 0 Å². The lowest BCUT2D eigenvalue weighted by molar-refractivity contribution is -0.140. The molecule has 0 bridgehead atoms. The fourth-order valence-electron chi connectivity index (χ4n) is 1.83. The number of hydrogen-bond donors (Lipinski definition) is 3. The molecule has 0 aliphatic heterocycles. The minimum Gasteiger partial charge on any atom is -0.478 e. The van der Waals surface area contributed by atoms with E-state index < -0.39 is 44.1 Å². The molecule has 26 heavy (non-hydrogen) atoms. The van der Waals surface area contributed by atoms with Crippen molar-refractivity contribution in [2.45, 2.75) is 46.2 Å². The summed E-state index contributed by atoms with van der Waals surface area (Å²) in [5.41, 5.74) is -0.241. The number of carboxylic acids is 1. The molecule has 0 amide bonds. The molecule has 0 heterocycles. The second-order valence-electron chi connectivity index (χ2n) is 5.66. The van der Waals surface area contributed by atoms with Crippen LogP contribution in [0.4, 0.5) is 0 Å². The van der Waals surface area contributed by atoms with Gasteiger partial charge in [0, 0.05) is 17.7 Å². The summed E-state index contributed by atoms with van der Waals surface area (Å²) in [6.07, 6.45) is 0.444. The number of rotatable bonds is 12. The van der Waals surface area contributed by atoms with E-state index in [1.807, 2.05) is 0 Å². The van der Waals surface area contributed by atoms with Crippen molar-refractivity contribution in [3.8, 4) is 0 Å². The number of ether oxygens (including phenoxy) is 1. The Balaban J connectivity index is 4.94. The fourth-order valence-corrected chi connectivity index (χ4v) is 3.54. The van der Waals surface area contributed by atoms with Gasteiger partial charge in [0.2, 0.25) is 20.0 Å². The van der Waals surface area contributed by atoms with E-state index in [1.165, 1.54) is 27.7 Å². The number of sulfonamides is 2. The average molecular weight is 415 g/mol. The van der Waals surface area contributed by atoms with E-state index in [9.17, 15) is 26.4 Å². The predicted octanol–water partition coefficient (Wildman–Crippen LogP) is -0.414. The van der Waals surface area contributed by atoms with Crippen molar-refractivity contribution in [2.24, 2.45) is 0 Å². The number of carboxylic acid groups (broad SMARTS) is 1. The maximum Gasteiger partial charge on any atom is 0.334 e. The van der Waals surface area contributed by atoms with Gasteiger partial charge in [-0.25, -0.2) is 35.9 Å². The van der Waals surface area contributed by atoms with Crippen molar-refractivity contribution in [2.75, 3.05) is 18.1 Å². The largest absolute Gasteiger partial charge is 0.478 e. The van der Waals surface area contributed by atoms with Gasteiger partial charge in [-0.2, -0.15) is 0 Å². The van der Waals surface area contributed by atoms with E-state index in [0.29, 0.717) is 6.08 Å². The summed E-state index contributed by atoms with van der Waals surface area (Å²) in [7, 11) is -7.00. The topological polar surface area (TPSA) is 156 Å². The molecule has 0 spiro atoms. The first-order valence-corrected chi connectivity index (χ1v) is 11.2. The summed E-state index contributed by atoms with van der Waals surface area (Å²) < 4.78 is 55.5. The highest BCUT2D eigenvalue weighted by molar-refractivity contribution is 7.89. The third-order valence-corrected chi connectivity index (χ3v) is 6.12. The zero-order valence-corrected chi connectivity index (χ0v) is 16.8. The van der Waals surface area contributed by atoms with Gasteiger partial charge in [0.15, 0.2) is 0 Å². The highest BCUT2D eigenvalue weighted by Gasteiger charge is 2.21. The predicted molar refractivity (Wildman–Crippen MR) is 95.4 cm³/mol. The molecule has 0 radical (unpaired) electrons. The van der Waals surface area contributed by atoms with Crippen molar-refractivity contribution < 1.29 is 36.3 Å². The van der Waals surface area contributed by atoms with Crippen LogP contribution in [0.25, 0.3) is 0 Å². The van der Waals surface area contributed by atoms with Crippen molar-refractivity contribution in [1.82, 2.24) is 9.44 Å². The van der Waals surface area contributed by atoms with E-state index in [1.54, 1.807) is 0 Å². The monoisotopic (exact) mass is 414 g/mol. The van der Waals surface area contributed by atoms with Gasteiger partial charge in [-0.05, 0) is 34.1 Å². The molecule has 0 unspecified atom stereocenters. The molecule has 152 valence electrons. The third-order valence-electron chi connectivity index (χ3n) is 3.07. The van der Waals surface area contributed by atoms with Crippen molar-refractivity contribution in [1.29, 1.82) is 0 Å². The molecular formula is C14H26N2O8S2. The van der Waals surface area contributed by atoms with Crippen LogP contribution in [0.1, 0.15) is 34.1 Å². The molecule has 12 heteroatoms. The van der Waals surface area contributed by atoms with Gasteiger partial charge < -0.3 is 9.84 Å². The Kier molecular flexibility index (Phi) is 9.99. The van der Waals surface area contributed by atoms with Crippen LogP contribution in [0.15, 0.2) is 11.6 Å². The highest BCUT2D eigenvalue weighted by Crippen LogP contribution is 2.10. The Morgan fingerprint density at radius 1 is 1.00 bits per heavy atom. The molecule has 3 N–H and O–H groups in total. The minimum atomic E-state index is -3.52. The molecule has 0 aromatic carbocycles. The molecule has 2 atom stereocenters. The van der Waals surface area contributed by atoms with Gasteiger partial charge in [-0.15, -0.1) is 0 Å². The smallest absolute Gasteiger partial charge is 0.334 e. The quantitative estimate of drug-likeness (QED) is 0.287. The van der Waals surface area contributed by atoms with Gasteiger partial charge in [-0.3, -0.25) is 0 Å². The van der Waals surface area contributed by atoms with E-state index in [-0.39, 0.29) is 30.1 Å². The molecule has 0 aromatic rings. The third kappa shape index (κ3) is 10.5. The molecule has 0 aliphatic carbocycles. The van der Waals surface area contributed by atoms with Gasteiger partial charge in [0.05, 0.1) is 17.5 Å². The summed E-state index contributed by atoms with van der Waals surface area (Å²) in [5, 5.41) is 8.87. The Morgan fingerprint density at radius 2 is 1.46 bits per heavy atom. The van der Waals surface area contributed by atoms with Crippen molar-refractivity contribution in [3.63, 3.8) is 0 Å². The van der Waals surface area contributed by atoms with Crippen LogP contribution >= 0.6 is 0 Å². The standard InChI is InChI=1S/C14H26N2O8S2/c1-5-25(20,21)15-10(3)7-12(8-13(17)18)14(19)24-9-11(4)16-26(22,23)6-2/h8,10-11,15-16H,5-7,9H2,1-4H3,(H,17,18)/t10-,11-/m1/s1. The summed E-state index contributed by atoms with van der Waals surface area (Å²) in [4.78, 5) is 23.0. The normalized spacial score (nSPS) is 15.3. The first kappa shape index (κ1) is 24.5. The molecule has 0 aromatic heterocycles. The van der Waals surface area contributed by atoms with Crippen LogP contribution in [0.2, 0.25) is 0 Å². The van der Waals surface area contributed by atoms with Crippen LogP contribution in [0.3, 0.4) is 0 Å². The van der Waals surface area contributed by atoms with Crippen LogP contribution in [-0.2, 0) is 34.4 Å². The fraction of sp³-hybridized carbons (Fsp3) is 0.714. The highest BCUT2D eigenvalue weighted by atomic mass is 32.2. The Hall–Kier alpha value is -1.50. The van der Waals surface area contributed by atoms with Crippen LogP contribution in [-0.4, -0.2) is 64.1 Å². The van der Waals surface area contributed by atoms with Crippen molar-refractivity contribution in [3.05, 3.63) is 11.6 Å². The van der Waals surface area contributed by atoms with Gasteiger partial charge in [-0.1, -0.05) is 0 Å². The van der Waals surface area contributed by atoms with Crippen molar-refractivity contribution >= 4 is 32.0 Å². The number of aliphatic carboxylic acids is 1. The Morgan fingerprint density at radius 3 is 1.88 bits per heavy atom. The van der Waals surface area contributed by atoms with E-state index in [0.717, 1.165) is 0 Å². The van der Waals surface area contributed by atoms with E-state index in [2.05, 4.69) is 9.44 Å². The van der Waals surface area contributed by atoms with Crippen LogP contribution < -0.4 is 9.44 Å². The summed E-state index contributed by atoms with van der Waals surface area (Å²) >= 11 is 0. The minimum absolute atomic E-state index is 0.134. The van der Waals surface area contributed by atoms with Gasteiger partial charge in [0.1, 0.15) is 6.61 Å². The van der Waals surface area contributed by atoms with Gasteiger partial charge >= 0.3 is 11.9 Å².